The van der Waals surface area contributed by atoms with Gasteiger partial charge in [-0.25, -0.2) is 9.78 Å². The molecule has 3 unspecified atom stereocenters. The van der Waals surface area contributed by atoms with Crippen molar-refractivity contribution in [3.8, 4) is 6.07 Å². The van der Waals surface area contributed by atoms with Crippen LogP contribution in [-0.2, 0) is 15.7 Å². The van der Waals surface area contributed by atoms with Gasteiger partial charge in [0.2, 0.25) is 5.95 Å². The third kappa shape index (κ3) is 7.42. The van der Waals surface area contributed by atoms with Crippen molar-refractivity contribution in [1.29, 1.82) is 5.26 Å². The average Bonchev–Trinajstić information content (AvgIpc) is 2.88. The van der Waals surface area contributed by atoms with Gasteiger partial charge in [0, 0.05) is 37.2 Å². The number of benzene rings is 1. The van der Waals surface area contributed by atoms with Gasteiger partial charge in [-0.1, -0.05) is 0 Å². The van der Waals surface area contributed by atoms with Gasteiger partial charge in [-0.05, 0) is 51.5 Å². The number of carbonyl (C=O) groups is 1. The first-order chi connectivity index (χ1) is 18.8. The molecule has 14 heteroatoms. The molecule has 216 valence electrons. The summed E-state index contributed by atoms with van der Waals surface area (Å²) in [5.74, 6) is -0.345. The fourth-order valence-electron chi connectivity index (χ4n) is 4.47. The largest absolute Gasteiger partial charge is 0.444 e. The Labute approximate surface area is 229 Å². The molecule has 11 nitrogen and oxygen atoms in total. The number of nitrogens with one attached hydrogen (secondary N) is 2. The summed E-state index contributed by atoms with van der Waals surface area (Å²) in [5.41, 5.74) is -0.254. The fraction of sp³-hybridized carbons (Fsp3) is 0.538. The first kappa shape index (κ1) is 29.2. The number of piperidine rings is 1. The summed E-state index contributed by atoms with van der Waals surface area (Å²) >= 11 is 0. The molecule has 0 bridgehead atoms. The number of alkyl carbamates (subject to hydrolysis) is 1. The zero-order valence-corrected chi connectivity index (χ0v) is 22.4. The van der Waals surface area contributed by atoms with Crippen molar-refractivity contribution < 1.29 is 32.5 Å². The van der Waals surface area contributed by atoms with Crippen LogP contribution in [0, 0.1) is 11.3 Å². The first-order valence-electron chi connectivity index (χ1n) is 12.8. The SMILES string of the molecule is CC(C)(C)OC(=O)NC1CCN(c2ccc(Nc3ncc(C(F)(F)F)c(N4CCOC(C#N)C4)n3)cc2)CC1O. The van der Waals surface area contributed by atoms with Crippen molar-refractivity contribution in [2.45, 2.75) is 57.2 Å². The first-order valence-corrected chi connectivity index (χ1v) is 12.8. The molecule has 0 radical (unpaired) electrons. The number of ether oxygens (including phenoxy) is 2. The van der Waals surface area contributed by atoms with E-state index in [1.807, 2.05) is 11.0 Å². The second-order valence-corrected chi connectivity index (χ2v) is 10.6. The normalized spacial score (nSPS) is 21.9. The third-order valence-electron chi connectivity index (χ3n) is 6.36. The van der Waals surface area contributed by atoms with Crippen LogP contribution in [-0.4, -0.2) is 77.8 Å². The maximum atomic E-state index is 13.7. The van der Waals surface area contributed by atoms with Gasteiger partial charge in [-0.2, -0.15) is 23.4 Å². The van der Waals surface area contributed by atoms with Crippen molar-refractivity contribution in [1.82, 2.24) is 15.3 Å². The Morgan fingerprint density at radius 3 is 2.52 bits per heavy atom. The number of alkyl halides is 3. The Bertz CT molecular complexity index is 1230. The van der Waals surface area contributed by atoms with Crippen molar-refractivity contribution in [2.75, 3.05) is 47.9 Å². The number of β-amino-alcohol motifs (C(OH)–C–C–N with tert-alkyl or cyclic N) is 1. The molecule has 40 heavy (non-hydrogen) atoms. The second kappa shape index (κ2) is 11.7. The smallest absolute Gasteiger partial charge is 0.421 e. The van der Waals surface area contributed by atoms with Crippen LogP contribution in [0.1, 0.15) is 32.8 Å². The lowest BCUT2D eigenvalue weighted by Gasteiger charge is -2.37. The summed E-state index contributed by atoms with van der Waals surface area (Å²) in [5, 5.41) is 25.4. The minimum atomic E-state index is -4.67. The van der Waals surface area contributed by atoms with Crippen LogP contribution in [0.3, 0.4) is 0 Å². The number of amides is 1. The third-order valence-corrected chi connectivity index (χ3v) is 6.36. The number of aliphatic hydroxyl groups is 1. The molecule has 3 N–H and O–H groups in total. The number of nitrogens with zero attached hydrogens (tertiary/aromatic N) is 5. The molecular formula is C26H32F3N7O4. The van der Waals surface area contributed by atoms with Crippen LogP contribution in [0.2, 0.25) is 0 Å². The van der Waals surface area contributed by atoms with E-state index < -0.39 is 41.7 Å². The maximum Gasteiger partial charge on any atom is 0.421 e. The second-order valence-electron chi connectivity index (χ2n) is 10.6. The van der Waals surface area contributed by atoms with Crippen LogP contribution >= 0.6 is 0 Å². The summed E-state index contributed by atoms with van der Waals surface area (Å²) < 4.78 is 51.5. The van der Waals surface area contributed by atoms with Gasteiger partial charge >= 0.3 is 12.3 Å². The Morgan fingerprint density at radius 1 is 1.18 bits per heavy atom. The van der Waals surface area contributed by atoms with Crippen LogP contribution in [0.15, 0.2) is 30.5 Å². The number of morpholine rings is 1. The highest BCUT2D eigenvalue weighted by Gasteiger charge is 2.38. The number of nitriles is 1. The number of aromatic nitrogens is 2. The topological polar surface area (TPSA) is 136 Å². The molecule has 1 aromatic carbocycles. The van der Waals surface area contributed by atoms with Crippen molar-refractivity contribution in [3.05, 3.63) is 36.0 Å². The average molecular weight is 564 g/mol. The molecule has 2 aliphatic rings. The predicted octanol–water partition coefficient (Wildman–Crippen LogP) is 3.43. The van der Waals surface area contributed by atoms with E-state index in [4.69, 9.17) is 14.7 Å². The Morgan fingerprint density at radius 2 is 1.90 bits per heavy atom. The van der Waals surface area contributed by atoms with Crippen molar-refractivity contribution >= 4 is 29.2 Å². The van der Waals surface area contributed by atoms with E-state index in [0.29, 0.717) is 25.2 Å². The zero-order valence-electron chi connectivity index (χ0n) is 22.4. The van der Waals surface area contributed by atoms with Gasteiger partial charge < -0.3 is 35.0 Å². The lowest BCUT2D eigenvalue weighted by Crippen LogP contribution is -2.54. The number of carbonyl (C=O) groups excluding carboxylic acids is 1. The molecule has 2 saturated heterocycles. The van der Waals surface area contributed by atoms with Gasteiger partial charge in [0.1, 0.15) is 17.0 Å². The number of hydrogen-bond acceptors (Lipinski definition) is 10. The fourth-order valence-corrected chi connectivity index (χ4v) is 4.47. The highest BCUT2D eigenvalue weighted by molar-refractivity contribution is 5.68. The van der Waals surface area contributed by atoms with Gasteiger partial charge in [0.15, 0.2) is 6.10 Å². The highest BCUT2D eigenvalue weighted by atomic mass is 19.4. The van der Waals surface area contributed by atoms with E-state index in [9.17, 15) is 23.1 Å². The molecule has 1 amide bonds. The summed E-state index contributed by atoms with van der Waals surface area (Å²) in [6, 6.07) is 8.56. The number of halogens is 3. The molecule has 2 fully saturated rings. The standard InChI is InChI=1S/C26H32F3N7O4/c1-25(2,3)40-24(38)33-20-8-9-35(15-21(20)37)17-6-4-16(5-7-17)32-23-31-13-19(26(27,28)29)22(34-23)36-10-11-39-18(12-30)14-36/h4-7,13,18,20-21,37H,8-11,14-15H2,1-3H3,(H,33,38)(H,31,32,34). The van der Waals surface area contributed by atoms with Gasteiger partial charge in [0.05, 0.1) is 31.4 Å². The van der Waals surface area contributed by atoms with Crippen molar-refractivity contribution in [3.63, 3.8) is 0 Å². The lowest BCUT2D eigenvalue weighted by atomic mass is 10.0. The monoisotopic (exact) mass is 563 g/mol. The molecule has 3 atom stereocenters. The summed E-state index contributed by atoms with van der Waals surface area (Å²) in [6.45, 7) is 6.39. The molecule has 3 heterocycles. The zero-order chi connectivity index (χ0) is 29.1. The number of anilines is 4. The molecule has 2 aromatic rings. The molecule has 0 saturated carbocycles. The van der Waals surface area contributed by atoms with Crippen LogP contribution in [0.4, 0.5) is 41.1 Å². The van der Waals surface area contributed by atoms with E-state index in [1.165, 1.54) is 4.90 Å². The van der Waals surface area contributed by atoms with Gasteiger partial charge in [-0.3, -0.25) is 0 Å². The maximum absolute atomic E-state index is 13.7. The molecular weight excluding hydrogens is 531 g/mol. The Balaban J connectivity index is 1.41. The van der Waals surface area contributed by atoms with Crippen LogP contribution in [0.5, 0.6) is 0 Å². The minimum Gasteiger partial charge on any atom is -0.444 e. The molecule has 2 aliphatic heterocycles. The molecule has 1 aromatic heterocycles. The Kier molecular flexibility index (Phi) is 8.55. The van der Waals surface area contributed by atoms with E-state index in [1.54, 1.807) is 45.0 Å². The number of hydrogen-bond donors (Lipinski definition) is 3. The molecule has 0 aliphatic carbocycles. The van der Waals surface area contributed by atoms with E-state index in [-0.39, 0.29) is 31.5 Å². The van der Waals surface area contributed by atoms with Gasteiger partial charge in [-0.15, -0.1) is 0 Å². The summed E-state index contributed by atoms with van der Waals surface area (Å²) in [6.07, 6.45) is -5.67. The van der Waals surface area contributed by atoms with E-state index in [2.05, 4.69) is 20.6 Å². The predicted molar refractivity (Wildman–Crippen MR) is 140 cm³/mol. The van der Waals surface area contributed by atoms with Crippen LogP contribution < -0.4 is 20.4 Å². The quantitative estimate of drug-likeness (QED) is 0.496. The summed E-state index contributed by atoms with van der Waals surface area (Å²) in [4.78, 5) is 23.4. The van der Waals surface area contributed by atoms with Crippen LogP contribution in [0.25, 0.3) is 0 Å². The van der Waals surface area contributed by atoms with E-state index in [0.717, 1.165) is 11.9 Å². The lowest BCUT2D eigenvalue weighted by molar-refractivity contribution is -0.137. The van der Waals surface area contributed by atoms with Crippen molar-refractivity contribution in [2.24, 2.45) is 0 Å². The Hall–Kier alpha value is -3.83. The molecule has 0 spiro atoms. The van der Waals surface area contributed by atoms with E-state index >= 15 is 0 Å². The summed E-state index contributed by atoms with van der Waals surface area (Å²) in [7, 11) is 0. The van der Waals surface area contributed by atoms with Gasteiger partial charge in [0.25, 0.3) is 0 Å². The minimum absolute atomic E-state index is 0.0276. The number of aliphatic hydroxyl groups excluding tert-OH is 1. The highest BCUT2D eigenvalue weighted by Crippen LogP contribution is 2.36. The number of rotatable bonds is 5. The molecule has 4 rings (SSSR count).